The van der Waals surface area contributed by atoms with Crippen molar-refractivity contribution in [1.29, 1.82) is 0 Å². The summed E-state index contributed by atoms with van der Waals surface area (Å²) in [6.45, 7) is -0.480. The largest absolute Gasteiger partial charge is 0.394 e. The topological polar surface area (TPSA) is 73.3 Å². The van der Waals surface area contributed by atoms with Crippen LogP contribution in [0.4, 0.5) is 14.5 Å². The van der Waals surface area contributed by atoms with Gasteiger partial charge in [-0.25, -0.2) is 9.07 Å². The van der Waals surface area contributed by atoms with Crippen LogP contribution in [0.25, 0.3) is 0 Å². The van der Waals surface area contributed by atoms with Crippen molar-refractivity contribution in [2.45, 2.75) is 19.0 Å². The first-order valence-electron chi connectivity index (χ1n) is 7.40. The molecule has 1 heterocycles. The summed E-state index contributed by atoms with van der Waals surface area (Å²) < 4.78 is 27.4. The second-order valence-electron chi connectivity index (χ2n) is 5.64. The van der Waals surface area contributed by atoms with Crippen LogP contribution in [0, 0.1) is 11.7 Å². The first kappa shape index (κ1) is 16.6. The summed E-state index contributed by atoms with van der Waals surface area (Å²) in [5.74, 6) is -0.580. The number of aromatic nitrogens is 2. The number of nitrogen functional groups attached to an aromatic ring is 1. The van der Waals surface area contributed by atoms with Crippen molar-refractivity contribution in [2.24, 2.45) is 10.9 Å². The Morgan fingerprint density at radius 3 is 2.88 bits per heavy atom. The van der Waals surface area contributed by atoms with Gasteiger partial charge in [0.15, 0.2) is 0 Å². The molecule has 1 saturated carbocycles. The SMILES string of the molecule is Nc1c(C(Cl)=NCc2ccccc2F)cnn(C2C[C@H]2CF)c1=O. The van der Waals surface area contributed by atoms with Crippen LogP contribution in [0.5, 0.6) is 0 Å². The highest BCUT2D eigenvalue weighted by Gasteiger charge is 2.40. The van der Waals surface area contributed by atoms with Gasteiger partial charge in [0, 0.05) is 11.5 Å². The monoisotopic (exact) mass is 352 g/mol. The van der Waals surface area contributed by atoms with Crippen molar-refractivity contribution in [2.75, 3.05) is 12.4 Å². The molecule has 126 valence electrons. The zero-order chi connectivity index (χ0) is 17.3. The predicted molar refractivity (Wildman–Crippen MR) is 88.5 cm³/mol. The minimum absolute atomic E-state index is 0.0145. The summed E-state index contributed by atoms with van der Waals surface area (Å²) in [5.41, 5.74) is 5.77. The molecule has 0 bridgehead atoms. The predicted octanol–water partition coefficient (Wildman–Crippen LogP) is 2.68. The van der Waals surface area contributed by atoms with E-state index in [1.54, 1.807) is 18.2 Å². The zero-order valence-electron chi connectivity index (χ0n) is 12.6. The highest BCUT2D eigenvalue weighted by Crippen LogP contribution is 2.42. The number of nitrogens with two attached hydrogens (primary N) is 1. The average molecular weight is 353 g/mol. The number of halogens is 3. The summed E-state index contributed by atoms with van der Waals surface area (Å²) in [6.07, 6.45) is 1.90. The Balaban J connectivity index is 1.84. The molecule has 2 N–H and O–H groups in total. The molecule has 2 atom stereocenters. The van der Waals surface area contributed by atoms with Gasteiger partial charge in [0.1, 0.15) is 16.7 Å². The molecule has 1 fully saturated rings. The second kappa shape index (κ2) is 6.68. The number of aliphatic imine (C=N–C) groups is 1. The minimum atomic E-state index is -0.521. The van der Waals surface area contributed by atoms with Crippen molar-refractivity contribution >= 4 is 22.5 Å². The Hall–Kier alpha value is -2.28. The Kier molecular flexibility index (Phi) is 4.62. The molecule has 0 saturated heterocycles. The molecule has 8 heteroatoms. The van der Waals surface area contributed by atoms with E-state index < -0.39 is 18.1 Å². The Morgan fingerprint density at radius 1 is 1.46 bits per heavy atom. The van der Waals surface area contributed by atoms with E-state index in [2.05, 4.69) is 10.1 Å². The smallest absolute Gasteiger partial charge is 0.290 e. The van der Waals surface area contributed by atoms with Crippen LogP contribution in [-0.2, 0) is 6.54 Å². The van der Waals surface area contributed by atoms with Gasteiger partial charge in [-0.3, -0.25) is 14.2 Å². The third-order valence-corrected chi connectivity index (χ3v) is 4.33. The fourth-order valence-electron chi connectivity index (χ4n) is 2.44. The normalized spacial score (nSPS) is 20.2. The Morgan fingerprint density at radius 2 is 2.21 bits per heavy atom. The van der Waals surface area contributed by atoms with Crippen LogP contribution >= 0.6 is 11.6 Å². The molecule has 1 aliphatic rings. The van der Waals surface area contributed by atoms with E-state index in [1.807, 2.05) is 0 Å². The van der Waals surface area contributed by atoms with Gasteiger partial charge in [0.05, 0.1) is 31.0 Å². The van der Waals surface area contributed by atoms with Gasteiger partial charge in [-0.1, -0.05) is 29.8 Å². The lowest BCUT2D eigenvalue weighted by Gasteiger charge is -2.08. The summed E-state index contributed by atoms with van der Waals surface area (Å²) in [5, 5.41) is 3.99. The molecule has 1 aromatic carbocycles. The number of alkyl halides is 1. The molecule has 2 aromatic rings. The van der Waals surface area contributed by atoms with E-state index in [4.69, 9.17) is 17.3 Å². The lowest BCUT2D eigenvalue weighted by atomic mass is 10.2. The molecule has 3 rings (SSSR count). The third-order valence-electron chi connectivity index (χ3n) is 4.01. The first-order chi connectivity index (χ1) is 11.5. The lowest BCUT2D eigenvalue weighted by Crippen LogP contribution is -2.27. The summed E-state index contributed by atoms with van der Waals surface area (Å²) in [6, 6.07) is 5.93. The number of anilines is 1. The van der Waals surface area contributed by atoms with E-state index in [0.717, 1.165) is 0 Å². The minimum Gasteiger partial charge on any atom is -0.394 e. The number of benzene rings is 1. The van der Waals surface area contributed by atoms with Gasteiger partial charge in [0.2, 0.25) is 0 Å². The maximum atomic E-state index is 13.6. The van der Waals surface area contributed by atoms with Gasteiger partial charge in [0.25, 0.3) is 5.56 Å². The molecule has 0 radical (unpaired) electrons. The summed E-state index contributed by atoms with van der Waals surface area (Å²) in [7, 11) is 0. The van der Waals surface area contributed by atoms with E-state index in [0.29, 0.717) is 12.0 Å². The van der Waals surface area contributed by atoms with E-state index in [1.165, 1.54) is 16.9 Å². The molecule has 5 nitrogen and oxygen atoms in total. The van der Waals surface area contributed by atoms with Gasteiger partial charge < -0.3 is 5.73 Å². The van der Waals surface area contributed by atoms with Crippen LogP contribution in [-0.4, -0.2) is 21.6 Å². The fraction of sp³-hybridized carbons (Fsp3) is 0.312. The van der Waals surface area contributed by atoms with Crippen LogP contribution in [0.2, 0.25) is 0 Å². The number of nitrogens with zero attached hydrogens (tertiary/aromatic N) is 3. The van der Waals surface area contributed by atoms with E-state index >= 15 is 0 Å². The van der Waals surface area contributed by atoms with Crippen molar-refractivity contribution < 1.29 is 8.78 Å². The van der Waals surface area contributed by atoms with Gasteiger partial charge in [-0.15, -0.1) is 0 Å². The fourth-order valence-corrected chi connectivity index (χ4v) is 2.65. The highest BCUT2D eigenvalue weighted by molar-refractivity contribution is 6.70. The van der Waals surface area contributed by atoms with Crippen LogP contribution in [0.1, 0.15) is 23.6 Å². The standard InChI is InChI=1S/C16H15ClF2N4O/c17-15(21-7-9-3-1-2-4-12(9)19)11-8-22-23(16(24)14(11)20)13-5-10(13)6-18/h1-4,8,10,13H,5-7,20H2/t10-,13?/m0/s1. The molecule has 0 amide bonds. The lowest BCUT2D eigenvalue weighted by molar-refractivity contribution is 0.425. The maximum absolute atomic E-state index is 13.6. The Labute approximate surface area is 141 Å². The maximum Gasteiger partial charge on any atom is 0.290 e. The Bertz CT molecular complexity index is 852. The summed E-state index contributed by atoms with van der Waals surface area (Å²) >= 11 is 6.09. The van der Waals surface area contributed by atoms with Crippen molar-refractivity contribution in [1.82, 2.24) is 9.78 Å². The van der Waals surface area contributed by atoms with Crippen molar-refractivity contribution in [3.63, 3.8) is 0 Å². The number of hydrogen-bond donors (Lipinski definition) is 1. The molecular weight excluding hydrogens is 338 g/mol. The molecule has 24 heavy (non-hydrogen) atoms. The first-order valence-corrected chi connectivity index (χ1v) is 7.77. The van der Waals surface area contributed by atoms with Gasteiger partial charge in [-0.05, 0) is 12.5 Å². The number of hydrogen-bond acceptors (Lipinski definition) is 4. The zero-order valence-corrected chi connectivity index (χ0v) is 13.4. The third kappa shape index (κ3) is 3.17. The van der Waals surface area contributed by atoms with E-state index in [9.17, 15) is 13.6 Å². The van der Waals surface area contributed by atoms with Crippen LogP contribution < -0.4 is 11.3 Å². The highest BCUT2D eigenvalue weighted by atomic mass is 35.5. The molecule has 1 unspecified atom stereocenters. The van der Waals surface area contributed by atoms with Crippen LogP contribution in [0.3, 0.4) is 0 Å². The van der Waals surface area contributed by atoms with E-state index in [-0.39, 0.29) is 34.9 Å². The van der Waals surface area contributed by atoms with Gasteiger partial charge in [-0.2, -0.15) is 5.10 Å². The molecule has 1 aliphatic carbocycles. The molecular formula is C16H15ClF2N4O. The molecule has 0 aliphatic heterocycles. The molecule has 1 aromatic heterocycles. The number of rotatable bonds is 5. The quantitative estimate of drug-likeness (QED) is 0.841. The average Bonchev–Trinajstić information content (AvgIpc) is 3.36. The van der Waals surface area contributed by atoms with Crippen LogP contribution in [0.15, 0.2) is 40.2 Å². The van der Waals surface area contributed by atoms with Crippen molar-refractivity contribution in [3.05, 3.63) is 57.8 Å². The molecule has 0 spiro atoms. The van der Waals surface area contributed by atoms with Gasteiger partial charge >= 0.3 is 0 Å². The second-order valence-corrected chi connectivity index (χ2v) is 6.00. The van der Waals surface area contributed by atoms with Crippen molar-refractivity contribution in [3.8, 4) is 0 Å². The summed E-state index contributed by atoms with van der Waals surface area (Å²) in [4.78, 5) is 16.3.